The van der Waals surface area contributed by atoms with Crippen molar-refractivity contribution in [2.75, 3.05) is 18.4 Å². The highest BCUT2D eigenvalue weighted by Gasteiger charge is 2.22. The average molecular weight is 408 g/mol. The highest BCUT2D eigenvalue weighted by molar-refractivity contribution is 7.09. The molecule has 1 saturated heterocycles. The van der Waals surface area contributed by atoms with Crippen LogP contribution in [-0.4, -0.2) is 35.8 Å². The molecule has 1 aliphatic rings. The summed E-state index contributed by atoms with van der Waals surface area (Å²) in [5, 5.41) is 4.95. The zero-order chi connectivity index (χ0) is 18.4. The fourth-order valence-electron chi connectivity index (χ4n) is 3.21. The Bertz CT molecular complexity index is 751. The number of piperidine rings is 1. The Kier molecular flexibility index (Phi) is 8.28. The van der Waals surface area contributed by atoms with E-state index in [1.54, 1.807) is 34.4 Å². The molecule has 0 saturated carbocycles. The van der Waals surface area contributed by atoms with Gasteiger partial charge in [0.2, 0.25) is 5.91 Å². The van der Waals surface area contributed by atoms with Crippen LogP contribution in [0.1, 0.15) is 40.9 Å². The van der Waals surface area contributed by atoms with Gasteiger partial charge < -0.3 is 16.0 Å². The van der Waals surface area contributed by atoms with Gasteiger partial charge in [0, 0.05) is 41.7 Å². The molecule has 5 nitrogen and oxygen atoms in total. The number of anilines is 1. The number of rotatable bonds is 6. The van der Waals surface area contributed by atoms with E-state index in [1.807, 2.05) is 17.5 Å². The van der Waals surface area contributed by atoms with Gasteiger partial charge in [0.05, 0.1) is 0 Å². The maximum absolute atomic E-state index is 12.6. The first-order valence-corrected chi connectivity index (χ1v) is 9.97. The molecule has 27 heavy (non-hydrogen) atoms. The van der Waals surface area contributed by atoms with Gasteiger partial charge in [-0.3, -0.25) is 9.59 Å². The third kappa shape index (κ3) is 6.34. The fraction of sp³-hybridized carbons (Fsp3) is 0.400. The molecule has 0 aliphatic carbocycles. The summed E-state index contributed by atoms with van der Waals surface area (Å²) in [6.45, 7) is 1.34. The van der Waals surface area contributed by atoms with E-state index in [-0.39, 0.29) is 30.3 Å². The summed E-state index contributed by atoms with van der Waals surface area (Å²) in [7, 11) is 0. The SMILES string of the molecule is Cl.NC1CCCN(C(=O)c2cccc(NC(=O)CCCc3cccs3)c2)C1. The number of carbonyl (C=O) groups excluding carboxylic acids is 2. The van der Waals surface area contributed by atoms with E-state index in [2.05, 4.69) is 11.4 Å². The molecule has 0 radical (unpaired) electrons. The molecule has 1 fully saturated rings. The van der Waals surface area contributed by atoms with Crippen molar-refractivity contribution in [3.8, 4) is 0 Å². The van der Waals surface area contributed by atoms with Crippen molar-refractivity contribution in [3.05, 3.63) is 52.2 Å². The summed E-state index contributed by atoms with van der Waals surface area (Å²) in [6.07, 6.45) is 4.10. The van der Waals surface area contributed by atoms with Crippen molar-refractivity contribution in [1.82, 2.24) is 4.90 Å². The second-order valence-corrected chi connectivity index (χ2v) is 7.75. The van der Waals surface area contributed by atoms with Crippen LogP contribution in [0.15, 0.2) is 41.8 Å². The minimum Gasteiger partial charge on any atom is -0.337 e. The number of thiophene rings is 1. The van der Waals surface area contributed by atoms with E-state index in [0.29, 0.717) is 24.2 Å². The number of nitrogens with zero attached hydrogens (tertiary/aromatic N) is 1. The molecule has 1 aromatic carbocycles. The maximum Gasteiger partial charge on any atom is 0.253 e. The Morgan fingerprint density at radius 1 is 1.26 bits per heavy atom. The third-order valence-corrected chi connectivity index (χ3v) is 5.48. The second kappa shape index (κ2) is 10.4. The van der Waals surface area contributed by atoms with Crippen molar-refractivity contribution >= 4 is 41.2 Å². The topological polar surface area (TPSA) is 75.4 Å². The van der Waals surface area contributed by atoms with E-state index >= 15 is 0 Å². The average Bonchev–Trinajstić information content (AvgIpc) is 3.15. The van der Waals surface area contributed by atoms with Crippen LogP contribution < -0.4 is 11.1 Å². The first-order valence-electron chi connectivity index (χ1n) is 9.09. The largest absolute Gasteiger partial charge is 0.337 e. The maximum atomic E-state index is 12.6. The number of nitrogens with two attached hydrogens (primary N) is 1. The number of halogens is 1. The van der Waals surface area contributed by atoms with Gasteiger partial charge in [0.15, 0.2) is 0 Å². The van der Waals surface area contributed by atoms with Crippen LogP contribution >= 0.6 is 23.7 Å². The van der Waals surface area contributed by atoms with Crippen LogP contribution in [0.5, 0.6) is 0 Å². The number of amides is 2. The molecule has 2 heterocycles. The van der Waals surface area contributed by atoms with Gasteiger partial charge in [-0.25, -0.2) is 0 Å². The molecule has 3 N–H and O–H groups in total. The highest BCUT2D eigenvalue weighted by atomic mass is 35.5. The van der Waals surface area contributed by atoms with Gasteiger partial charge in [-0.2, -0.15) is 0 Å². The number of benzene rings is 1. The van der Waals surface area contributed by atoms with Gasteiger partial charge in [0.25, 0.3) is 5.91 Å². The molecule has 3 rings (SSSR count). The van der Waals surface area contributed by atoms with E-state index in [9.17, 15) is 9.59 Å². The fourth-order valence-corrected chi connectivity index (χ4v) is 3.96. The number of nitrogens with one attached hydrogen (secondary N) is 1. The molecule has 2 amide bonds. The quantitative estimate of drug-likeness (QED) is 0.766. The minimum atomic E-state index is -0.0221. The molecule has 0 spiro atoms. The molecule has 0 bridgehead atoms. The van der Waals surface area contributed by atoms with E-state index in [0.717, 1.165) is 32.2 Å². The van der Waals surface area contributed by atoms with Gasteiger partial charge in [-0.15, -0.1) is 23.7 Å². The van der Waals surface area contributed by atoms with Crippen LogP contribution in [0.25, 0.3) is 0 Å². The zero-order valence-electron chi connectivity index (χ0n) is 15.2. The van der Waals surface area contributed by atoms with Crippen molar-refractivity contribution in [2.24, 2.45) is 5.73 Å². The summed E-state index contributed by atoms with van der Waals surface area (Å²) in [5.41, 5.74) is 7.23. The van der Waals surface area contributed by atoms with Crippen LogP contribution in [0.3, 0.4) is 0 Å². The summed E-state index contributed by atoms with van der Waals surface area (Å²) in [4.78, 5) is 27.9. The summed E-state index contributed by atoms with van der Waals surface area (Å²) >= 11 is 1.71. The molecule has 1 atom stereocenters. The highest BCUT2D eigenvalue weighted by Crippen LogP contribution is 2.17. The normalized spacial score (nSPS) is 16.5. The predicted molar refractivity (Wildman–Crippen MR) is 113 cm³/mol. The molecular weight excluding hydrogens is 382 g/mol. The van der Waals surface area contributed by atoms with Gasteiger partial charge in [0.1, 0.15) is 0 Å². The monoisotopic (exact) mass is 407 g/mol. The summed E-state index contributed by atoms with van der Waals surface area (Å²) < 4.78 is 0. The van der Waals surface area contributed by atoms with Crippen molar-refractivity contribution in [3.63, 3.8) is 0 Å². The second-order valence-electron chi connectivity index (χ2n) is 6.72. The smallest absolute Gasteiger partial charge is 0.253 e. The molecule has 146 valence electrons. The number of hydrogen-bond donors (Lipinski definition) is 2. The first kappa shape index (κ1) is 21.4. The van der Waals surface area contributed by atoms with Crippen LogP contribution in [-0.2, 0) is 11.2 Å². The number of carbonyl (C=O) groups is 2. The molecule has 7 heteroatoms. The van der Waals surface area contributed by atoms with Crippen molar-refractivity contribution in [1.29, 1.82) is 0 Å². The van der Waals surface area contributed by atoms with Gasteiger partial charge in [-0.1, -0.05) is 12.1 Å². The third-order valence-electron chi connectivity index (χ3n) is 4.55. The van der Waals surface area contributed by atoms with E-state index < -0.39 is 0 Å². The number of hydrogen-bond acceptors (Lipinski definition) is 4. The molecule has 1 unspecified atom stereocenters. The van der Waals surface area contributed by atoms with Gasteiger partial charge >= 0.3 is 0 Å². The minimum absolute atomic E-state index is 0. The lowest BCUT2D eigenvalue weighted by Crippen LogP contribution is -2.45. The lowest BCUT2D eigenvalue weighted by molar-refractivity contribution is -0.116. The van der Waals surface area contributed by atoms with E-state index in [1.165, 1.54) is 4.88 Å². The van der Waals surface area contributed by atoms with E-state index in [4.69, 9.17) is 5.73 Å². The lowest BCUT2D eigenvalue weighted by Gasteiger charge is -2.30. The van der Waals surface area contributed by atoms with Gasteiger partial charge in [-0.05, 0) is 55.3 Å². The molecule has 1 aromatic heterocycles. The molecular formula is C20H26ClN3O2S. The number of likely N-dealkylation sites (tertiary alicyclic amines) is 1. The zero-order valence-corrected chi connectivity index (χ0v) is 16.9. The lowest BCUT2D eigenvalue weighted by atomic mass is 10.1. The Morgan fingerprint density at radius 3 is 2.85 bits per heavy atom. The van der Waals surface area contributed by atoms with Crippen LogP contribution in [0, 0.1) is 0 Å². The standard InChI is InChI=1S/C20H25N3O2S.ClH/c21-16-6-3-11-23(14-16)20(25)15-5-1-7-17(13-15)22-19(24)10-2-8-18-9-4-12-26-18;/h1,4-5,7,9,12-13,16H,2-3,6,8,10-11,14,21H2,(H,22,24);1H. The number of aryl methyl sites for hydroxylation is 1. The molecule has 1 aliphatic heterocycles. The van der Waals surface area contributed by atoms with Crippen LogP contribution in [0.4, 0.5) is 5.69 Å². The van der Waals surface area contributed by atoms with Crippen molar-refractivity contribution in [2.45, 2.75) is 38.1 Å². The first-order chi connectivity index (χ1) is 12.6. The Labute approximate surface area is 170 Å². The predicted octanol–water partition coefficient (Wildman–Crippen LogP) is 3.69. The summed E-state index contributed by atoms with van der Waals surface area (Å²) in [6, 6.07) is 11.3. The Hall–Kier alpha value is -1.89. The molecule has 2 aromatic rings. The Balaban J connectivity index is 0.00000261. The Morgan fingerprint density at radius 2 is 2.11 bits per heavy atom. The van der Waals surface area contributed by atoms with Crippen molar-refractivity contribution < 1.29 is 9.59 Å². The summed E-state index contributed by atoms with van der Waals surface area (Å²) in [5.74, 6) is -0.0416. The van der Waals surface area contributed by atoms with Crippen LogP contribution in [0.2, 0.25) is 0 Å².